The molecule has 3 aromatic rings. The van der Waals surface area contributed by atoms with E-state index in [0.29, 0.717) is 16.9 Å². The SMILES string of the molecule is CO[C@]1(C)C(O)C(CO)O[C@H]1n1cc(-c2ccccc2)c2c(N)ncnc21. The number of aromatic nitrogens is 3. The van der Waals surface area contributed by atoms with Gasteiger partial charge in [-0.25, -0.2) is 9.97 Å². The third kappa shape index (κ3) is 2.61. The Balaban J connectivity index is 1.94. The van der Waals surface area contributed by atoms with Gasteiger partial charge in [0.25, 0.3) is 0 Å². The van der Waals surface area contributed by atoms with Crippen LogP contribution >= 0.6 is 0 Å². The molecule has 0 aliphatic carbocycles. The minimum absolute atomic E-state index is 0.321. The number of methoxy groups -OCH3 is 1. The van der Waals surface area contributed by atoms with Crippen molar-refractivity contribution >= 4 is 16.9 Å². The molecule has 0 bridgehead atoms. The summed E-state index contributed by atoms with van der Waals surface area (Å²) in [6.45, 7) is 1.43. The molecule has 1 aromatic carbocycles. The lowest BCUT2D eigenvalue weighted by molar-refractivity contribution is -0.118. The molecule has 2 unspecified atom stereocenters. The first kappa shape index (κ1) is 17.9. The molecule has 142 valence electrons. The number of fused-ring (bicyclic) bond motifs is 1. The number of aliphatic hydroxyl groups is 2. The minimum Gasteiger partial charge on any atom is -0.394 e. The van der Waals surface area contributed by atoms with Crippen molar-refractivity contribution in [2.45, 2.75) is 31.0 Å². The van der Waals surface area contributed by atoms with Crippen LogP contribution in [0.15, 0.2) is 42.9 Å². The summed E-state index contributed by atoms with van der Waals surface area (Å²) in [4.78, 5) is 8.53. The van der Waals surface area contributed by atoms with Crippen molar-refractivity contribution in [1.29, 1.82) is 0 Å². The van der Waals surface area contributed by atoms with Gasteiger partial charge in [0.05, 0.1) is 12.0 Å². The maximum Gasteiger partial charge on any atom is 0.167 e. The fourth-order valence-corrected chi connectivity index (χ4v) is 3.72. The molecule has 4 N–H and O–H groups in total. The highest BCUT2D eigenvalue weighted by Crippen LogP contribution is 2.44. The Hall–Kier alpha value is -2.52. The standard InChI is InChI=1S/C19H22N4O4/c1-19(26-2)15(25)13(9-24)27-18(19)23-8-12(11-6-4-3-5-7-11)14-16(20)21-10-22-17(14)23/h3-8,10,13,15,18,24-25H,9H2,1-2H3,(H2,20,21,22)/t13?,15?,18-,19-/m1/s1. The lowest BCUT2D eigenvalue weighted by Gasteiger charge is -2.31. The zero-order chi connectivity index (χ0) is 19.2. The fourth-order valence-electron chi connectivity index (χ4n) is 3.72. The Bertz CT molecular complexity index is 961. The van der Waals surface area contributed by atoms with Crippen LogP contribution in [0, 0.1) is 0 Å². The zero-order valence-corrected chi connectivity index (χ0v) is 15.1. The Morgan fingerprint density at radius 1 is 1.30 bits per heavy atom. The number of benzene rings is 1. The maximum atomic E-state index is 10.6. The Morgan fingerprint density at radius 3 is 2.70 bits per heavy atom. The van der Waals surface area contributed by atoms with Gasteiger partial charge < -0.3 is 30.0 Å². The van der Waals surface area contributed by atoms with Crippen LogP contribution in [0.25, 0.3) is 22.2 Å². The van der Waals surface area contributed by atoms with E-state index in [1.165, 1.54) is 13.4 Å². The van der Waals surface area contributed by atoms with Gasteiger partial charge in [0.1, 0.15) is 35.6 Å². The van der Waals surface area contributed by atoms with E-state index in [2.05, 4.69) is 9.97 Å². The summed E-state index contributed by atoms with van der Waals surface area (Å²) in [5.74, 6) is 0.356. The Kier molecular flexibility index (Phi) is 4.35. The van der Waals surface area contributed by atoms with E-state index in [1.54, 1.807) is 11.5 Å². The summed E-state index contributed by atoms with van der Waals surface area (Å²) in [5.41, 5.74) is 7.47. The van der Waals surface area contributed by atoms with E-state index in [9.17, 15) is 10.2 Å². The average Bonchev–Trinajstić information content (AvgIpc) is 3.20. The molecule has 3 heterocycles. The van der Waals surface area contributed by atoms with Gasteiger partial charge in [0.15, 0.2) is 6.23 Å². The van der Waals surface area contributed by atoms with Crippen molar-refractivity contribution in [2.24, 2.45) is 0 Å². The number of aliphatic hydroxyl groups excluding tert-OH is 2. The molecule has 0 saturated carbocycles. The van der Waals surface area contributed by atoms with Crippen molar-refractivity contribution in [1.82, 2.24) is 14.5 Å². The van der Waals surface area contributed by atoms with E-state index >= 15 is 0 Å². The number of rotatable bonds is 4. The molecule has 1 aliphatic rings. The second-order valence-electron chi connectivity index (χ2n) is 6.82. The van der Waals surface area contributed by atoms with E-state index < -0.39 is 24.0 Å². The average molecular weight is 370 g/mol. The van der Waals surface area contributed by atoms with Crippen LogP contribution < -0.4 is 5.73 Å². The summed E-state index contributed by atoms with van der Waals surface area (Å²) in [7, 11) is 1.51. The Morgan fingerprint density at radius 2 is 2.04 bits per heavy atom. The van der Waals surface area contributed by atoms with Crippen molar-refractivity contribution in [3.63, 3.8) is 0 Å². The molecular weight excluding hydrogens is 348 g/mol. The molecule has 27 heavy (non-hydrogen) atoms. The number of nitrogens with two attached hydrogens (primary N) is 1. The Labute approximate surface area is 156 Å². The van der Waals surface area contributed by atoms with Crippen LogP contribution in [-0.2, 0) is 9.47 Å². The van der Waals surface area contributed by atoms with E-state index in [-0.39, 0.29) is 6.61 Å². The first-order valence-electron chi connectivity index (χ1n) is 8.67. The highest BCUT2D eigenvalue weighted by atomic mass is 16.6. The summed E-state index contributed by atoms with van der Waals surface area (Å²) in [5, 5.41) is 20.9. The molecule has 4 atom stereocenters. The molecule has 1 aliphatic heterocycles. The third-order valence-electron chi connectivity index (χ3n) is 5.33. The van der Waals surface area contributed by atoms with Crippen LogP contribution in [0.5, 0.6) is 0 Å². The second kappa shape index (κ2) is 6.58. The van der Waals surface area contributed by atoms with Gasteiger partial charge in [0, 0.05) is 18.9 Å². The number of anilines is 1. The maximum absolute atomic E-state index is 10.6. The summed E-state index contributed by atoms with van der Waals surface area (Å²) >= 11 is 0. The van der Waals surface area contributed by atoms with Gasteiger partial charge in [-0.3, -0.25) is 0 Å². The van der Waals surface area contributed by atoms with Crippen LogP contribution in [0.1, 0.15) is 13.2 Å². The third-order valence-corrected chi connectivity index (χ3v) is 5.33. The first-order chi connectivity index (χ1) is 13.0. The van der Waals surface area contributed by atoms with Crippen molar-refractivity contribution in [3.05, 3.63) is 42.9 Å². The molecule has 8 heteroatoms. The molecule has 2 aromatic heterocycles. The molecule has 0 amide bonds. The van der Waals surface area contributed by atoms with Crippen LogP contribution in [0.3, 0.4) is 0 Å². The van der Waals surface area contributed by atoms with Crippen LogP contribution in [-0.4, -0.2) is 56.3 Å². The van der Waals surface area contributed by atoms with Gasteiger partial charge in [0.2, 0.25) is 0 Å². The molecule has 0 spiro atoms. The van der Waals surface area contributed by atoms with Crippen molar-refractivity contribution in [2.75, 3.05) is 19.5 Å². The van der Waals surface area contributed by atoms with Crippen molar-refractivity contribution in [3.8, 4) is 11.1 Å². The number of nitrogen functional groups attached to an aromatic ring is 1. The lowest BCUT2D eigenvalue weighted by atomic mass is 9.96. The normalized spacial score (nSPS) is 28.1. The second-order valence-corrected chi connectivity index (χ2v) is 6.82. The topological polar surface area (TPSA) is 116 Å². The monoisotopic (exact) mass is 370 g/mol. The highest BCUT2D eigenvalue weighted by molar-refractivity contribution is 6.00. The van der Waals surface area contributed by atoms with Gasteiger partial charge in [-0.05, 0) is 12.5 Å². The van der Waals surface area contributed by atoms with Gasteiger partial charge >= 0.3 is 0 Å². The molecule has 1 saturated heterocycles. The molecule has 0 radical (unpaired) electrons. The number of hydrogen-bond donors (Lipinski definition) is 3. The van der Waals surface area contributed by atoms with Gasteiger partial charge in [-0.2, -0.15) is 0 Å². The zero-order valence-electron chi connectivity index (χ0n) is 15.1. The predicted molar refractivity (Wildman–Crippen MR) is 99.8 cm³/mol. The molecular formula is C19H22N4O4. The quantitative estimate of drug-likeness (QED) is 0.634. The van der Waals surface area contributed by atoms with Crippen LogP contribution in [0.2, 0.25) is 0 Å². The number of nitrogens with zero attached hydrogens (tertiary/aromatic N) is 3. The molecule has 8 nitrogen and oxygen atoms in total. The first-order valence-corrected chi connectivity index (χ1v) is 8.67. The van der Waals surface area contributed by atoms with Gasteiger partial charge in [-0.15, -0.1) is 0 Å². The van der Waals surface area contributed by atoms with E-state index in [1.807, 2.05) is 36.5 Å². The van der Waals surface area contributed by atoms with E-state index in [4.69, 9.17) is 15.2 Å². The smallest absolute Gasteiger partial charge is 0.167 e. The van der Waals surface area contributed by atoms with Crippen molar-refractivity contribution < 1.29 is 19.7 Å². The summed E-state index contributed by atoms with van der Waals surface area (Å²) in [6.07, 6.45) is 0.788. The number of ether oxygens (including phenoxy) is 2. The molecule has 1 fully saturated rings. The summed E-state index contributed by atoms with van der Waals surface area (Å²) < 4.78 is 13.4. The highest BCUT2D eigenvalue weighted by Gasteiger charge is 2.54. The van der Waals surface area contributed by atoms with E-state index in [0.717, 1.165) is 11.1 Å². The predicted octanol–water partition coefficient (Wildman–Crippen LogP) is 1.34. The largest absolute Gasteiger partial charge is 0.394 e. The lowest BCUT2D eigenvalue weighted by Crippen LogP contribution is -2.46. The van der Waals surface area contributed by atoms with Crippen LogP contribution in [0.4, 0.5) is 5.82 Å². The van der Waals surface area contributed by atoms with Gasteiger partial charge in [-0.1, -0.05) is 30.3 Å². The molecule has 4 rings (SSSR count). The number of hydrogen-bond acceptors (Lipinski definition) is 7. The summed E-state index contributed by atoms with van der Waals surface area (Å²) in [6, 6.07) is 9.77. The minimum atomic E-state index is -1.08. The fraction of sp³-hybridized carbons (Fsp3) is 0.368.